The molecule has 0 saturated heterocycles. The van der Waals surface area contributed by atoms with Crippen LogP contribution < -0.4 is 10.6 Å². The Hall–Kier alpha value is -2.21. The lowest BCUT2D eigenvalue weighted by Crippen LogP contribution is -2.32. The standard InChI is InChI=1S/C13H11FN2O2S/c14-9-3-1-4-10(7-9)16-12(17)8-15-13(18)11-5-2-6-19-11/h1-7H,8H2,(H,15,18)(H,16,17). The number of nitrogens with one attached hydrogen (secondary N) is 2. The van der Waals surface area contributed by atoms with Crippen LogP contribution in [-0.4, -0.2) is 18.4 Å². The number of amides is 2. The summed E-state index contributed by atoms with van der Waals surface area (Å²) >= 11 is 1.30. The maximum absolute atomic E-state index is 12.9. The molecule has 0 aliphatic rings. The van der Waals surface area contributed by atoms with E-state index in [1.165, 1.54) is 29.5 Å². The van der Waals surface area contributed by atoms with Crippen LogP contribution >= 0.6 is 11.3 Å². The van der Waals surface area contributed by atoms with Crippen molar-refractivity contribution in [1.29, 1.82) is 0 Å². The Morgan fingerprint density at radius 1 is 1.21 bits per heavy atom. The van der Waals surface area contributed by atoms with Crippen molar-refractivity contribution in [2.45, 2.75) is 0 Å². The fourth-order valence-electron chi connectivity index (χ4n) is 1.43. The first-order valence-corrected chi connectivity index (χ1v) is 6.40. The van der Waals surface area contributed by atoms with Crippen molar-refractivity contribution in [2.75, 3.05) is 11.9 Å². The second-order valence-corrected chi connectivity index (χ2v) is 4.67. The van der Waals surface area contributed by atoms with E-state index in [9.17, 15) is 14.0 Å². The number of carbonyl (C=O) groups excluding carboxylic acids is 2. The largest absolute Gasteiger partial charge is 0.342 e. The maximum atomic E-state index is 12.9. The van der Waals surface area contributed by atoms with Crippen LogP contribution in [0.4, 0.5) is 10.1 Å². The van der Waals surface area contributed by atoms with E-state index in [-0.39, 0.29) is 12.5 Å². The van der Waals surface area contributed by atoms with E-state index < -0.39 is 11.7 Å². The summed E-state index contributed by atoms with van der Waals surface area (Å²) in [5.41, 5.74) is 0.357. The van der Waals surface area contributed by atoms with Crippen molar-refractivity contribution in [1.82, 2.24) is 5.32 Å². The normalized spacial score (nSPS) is 9.95. The zero-order chi connectivity index (χ0) is 13.7. The van der Waals surface area contributed by atoms with Crippen LogP contribution in [0, 0.1) is 5.82 Å². The van der Waals surface area contributed by atoms with E-state index in [2.05, 4.69) is 10.6 Å². The molecule has 0 unspecified atom stereocenters. The Bertz CT molecular complexity index is 584. The van der Waals surface area contributed by atoms with Crippen molar-refractivity contribution in [3.8, 4) is 0 Å². The molecule has 2 amide bonds. The summed E-state index contributed by atoms with van der Waals surface area (Å²) < 4.78 is 12.9. The number of anilines is 1. The van der Waals surface area contributed by atoms with E-state index >= 15 is 0 Å². The molecule has 6 heteroatoms. The lowest BCUT2D eigenvalue weighted by Gasteiger charge is -2.06. The molecule has 0 aliphatic heterocycles. The van der Waals surface area contributed by atoms with Crippen molar-refractivity contribution < 1.29 is 14.0 Å². The molecule has 0 saturated carbocycles. The van der Waals surface area contributed by atoms with Gasteiger partial charge in [0.1, 0.15) is 5.82 Å². The molecular weight excluding hydrogens is 267 g/mol. The van der Waals surface area contributed by atoms with Gasteiger partial charge in [-0.25, -0.2) is 4.39 Å². The van der Waals surface area contributed by atoms with Crippen LogP contribution in [0.3, 0.4) is 0 Å². The summed E-state index contributed by atoms with van der Waals surface area (Å²) in [6.07, 6.45) is 0. The van der Waals surface area contributed by atoms with Crippen LogP contribution in [0.2, 0.25) is 0 Å². The highest BCUT2D eigenvalue weighted by molar-refractivity contribution is 7.12. The molecule has 0 aliphatic carbocycles. The minimum atomic E-state index is -0.430. The van der Waals surface area contributed by atoms with Crippen LogP contribution in [0.1, 0.15) is 9.67 Å². The van der Waals surface area contributed by atoms with E-state index in [1.54, 1.807) is 23.6 Å². The third kappa shape index (κ3) is 3.89. The predicted molar refractivity (Wildman–Crippen MR) is 71.7 cm³/mol. The van der Waals surface area contributed by atoms with Crippen LogP contribution in [0.25, 0.3) is 0 Å². The number of hydrogen-bond acceptors (Lipinski definition) is 3. The monoisotopic (exact) mass is 278 g/mol. The van der Waals surface area contributed by atoms with Crippen LogP contribution in [0.15, 0.2) is 41.8 Å². The van der Waals surface area contributed by atoms with Crippen LogP contribution in [0.5, 0.6) is 0 Å². The molecule has 2 N–H and O–H groups in total. The highest BCUT2D eigenvalue weighted by Gasteiger charge is 2.08. The average Bonchev–Trinajstić information content (AvgIpc) is 2.90. The van der Waals surface area contributed by atoms with E-state index in [0.29, 0.717) is 10.6 Å². The molecule has 0 radical (unpaired) electrons. The Morgan fingerprint density at radius 2 is 2.05 bits per heavy atom. The van der Waals surface area contributed by atoms with Crippen molar-refractivity contribution >= 4 is 28.8 Å². The summed E-state index contributed by atoms with van der Waals surface area (Å²) in [5, 5.41) is 6.76. The molecule has 98 valence electrons. The topological polar surface area (TPSA) is 58.2 Å². The van der Waals surface area contributed by atoms with Gasteiger partial charge in [-0.1, -0.05) is 12.1 Å². The molecule has 0 atom stereocenters. The molecule has 2 aromatic rings. The number of rotatable bonds is 4. The van der Waals surface area contributed by atoms with Crippen molar-refractivity contribution in [2.24, 2.45) is 0 Å². The van der Waals surface area contributed by atoms with Crippen molar-refractivity contribution in [3.05, 3.63) is 52.5 Å². The van der Waals surface area contributed by atoms with E-state index in [4.69, 9.17) is 0 Å². The number of hydrogen-bond donors (Lipinski definition) is 2. The minimum Gasteiger partial charge on any atom is -0.342 e. The Labute approximate surface area is 113 Å². The summed E-state index contributed by atoms with van der Waals surface area (Å²) in [6.45, 7) is -0.159. The fourth-order valence-corrected chi connectivity index (χ4v) is 2.07. The smallest absolute Gasteiger partial charge is 0.261 e. The quantitative estimate of drug-likeness (QED) is 0.901. The molecule has 0 bridgehead atoms. The van der Waals surface area contributed by atoms with Gasteiger partial charge in [0.05, 0.1) is 11.4 Å². The van der Waals surface area contributed by atoms with Gasteiger partial charge >= 0.3 is 0 Å². The Morgan fingerprint density at radius 3 is 2.74 bits per heavy atom. The fraction of sp³-hybridized carbons (Fsp3) is 0.0769. The molecule has 1 aromatic carbocycles. The third-order valence-corrected chi connectivity index (χ3v) is 3.13. The molecule has 0 fully saturated rings. The second-order valence-electron chi connectivity index (χ2n) is 3.72. The summed E-state index contributed by atoms with van der Waals surface area (Å²) in [6, 6.07) is 8.99. The lowest BCUT2D eigenvalue weighted by molar-refractivity contribution is -0.115. The highest BCUT2D eigenvalue weighted by Crippen LogP contribution is 2.09. The molecule has 0 spiro atoms. The van der Waals surface area contributed by atoms with Gasteiger partial charge in [-0.15, -0.1) is 11.3 Å². The van der Waals surface area contributed by atoms with Crippen molar-refractivity contribution in [3.63, 3.8) is 0 Å². The van der Waals surface area contributed by atoms with E-state index in [0.717, 1.165) is 0 Å². The minimum absolute atomic E-state index is 0.159. The SMILES string of the molecule is O=C(CNC(=O)c1cccs1)Nc1cccc(F)c1. The van der Waals surface area contributed by atoms with Gasteiger partial charge in [-0.3, -0.25) is 9.59 Å². The first kappa shape index (κ1) is 13.2. The van der Waals surface area contributed by atoms with Gasteiger partial charge in [-0.05, 0) is 29.6 Å². The first-order valence-electron chi connectivity index (χ1n) is 5.52. The molecule has 4 nitrogen and oxygen atoms in total. The van der Waals surface area contributed by atoms with Crippen LogP contribution in [-0.2, 0) is 4.79 Å². The van der Waals surface area contributed by atoms with Gasteiger partial charge in [0, 0.05) is 5.69 Å². The predicted octanol–water partition coefficient (Wildman–Crippen LogP) is 2.26. The van der Waals surface area contributed by atoms with Gasteiger partial charge in [-0.2, -0.15) is 0 Å². The zero-order valence-corrected chi connectivity index (χ0v) is 10.7. The number of carbonyl (C=O) groups is 2. The van der Waals surface area contributed by atoms with Gasteiger partial charge in [0.25, 0.3) is 5.91 Å². The first-order chi connectivity index (χ1) is 9.15. The van der Waals surface area contributed by atoms with Gasteiger partial charge < -0.3 is 10.6 Å². The molecule has 2 rings (SSSR count). The molecule has 19 heavy (non-hydrogen) atoms. The summed E-state index contributed by atoms with van der Waals surface area (Å²) in [7, 11) is 0. The Balaban J connectivity index is 1.83. The average molecular weight is 278 g/mol. The molecular formula is C13H11FN2O2S. The summed E-state index contributed by atoms with van der Waals surface area (Å²) in [5.74, 6) is -1.14. The molecule has 1 aromatic heterocycles. The second kappa shape index (κ2) is 6.10. The molecule has 1 heterocycles. The lowest BCUT2D eigenvalue weighted by atomic mass is 10.3. The van der Waals surface area contributed by atoms with Gasteiger partial charge in [0.2, 0.25) is 5.91 Å². The highest BCUT2D eigenvalue weighted by atomic mass is 32.1. The Kier molecular flexibility index (Phi) is 4.25. The number of thiophene rings is 1. The summed E-state index contributed by atoms with van der Waals surface area (Å²) in [4.78, 5) is 23.7. The third-order valence-electron chi connectivity index (χ3n) is 2.26. The maximum Gasteiger partial charge on any atom is 0.261 e. The van der Waals surface area contributed by atoms with Gasteiger partial charge in [0.15, 0.2) is 0 Å². The number of benzene rings is 1. The van der Waals surface area contributed by atoms with E-state index in [1.807, 2.05) is 0 Å². The zero-order valence-electron chi connectivity index (χ0n) is 9.85. The number of halogens is 1.